The van der Waals surface area contributed by atoms with Crippen LogP contribution in [0, 0.1) is 5.92 Å². The average Bonchev–Trinajstić information content (AvgIpc) is 2.44. The van der Waals surface area contributed by atoms with Crippen LogP contribution in [0.3, 0.4) is 0 Å². The third-order valence-corrected chi connectivity index (χ3v) is 3.37. The van der Waals surface area contributed by atoms with Gasteiger partial charge in [0.15, 0.2) is 0 Å². The molecule has 0 spiro atoms. The molecule has 0 saturated carbocycles. The molecule has 2 rings (SSSR count). The summed E-state index contributed by atoms with van der Waals surface area (Å²) in [5, 5.41) is 0. The molecule has 0 radical (unpaired) electrons. The van der Waals surface area contributed by atoms with Gasteiger partial charge in [0.25, 0.3) is 0 Å². The van der Waals surface area contributed by atoms with Crippen LogP contribution in [0.5, 0.6) is 0 Å². The second-order valence-corrected chi connectivity index (χ2v) is 4.64. The Balaban J connectivity index is 2.01. The first-order valence-electron chi connectivity index (χ1n) is 5.91. The molecule has 1 heterocycles. The fourth-order valence-corrected chi connectivity index (χ4v) is 2.54. The molecular formula is C13H21N. The maximum atomic E-state index is 2.49. The molecule has 1 atom stereocenters. The van der Waals surface area contributed by atoms with Gasteiger partial charge in [0.05, 0.1) is 0 Å². The van der Waals surface area contributed by atoms with Crippen molar-refractivity contribution in [3.05, 3.63) is 23.8 Å². The van der Waals surface area contributed by atoms with Gasteiger partial charge < -0.3 is 4.90 Å². The topological polar surface area (TPSA) is 3.24 Å². The third kappa shape index (κ3) is 2.48. The summed E-state index contributed by atoms with van der Waals surface area (Å²) >= 11 is 0. The zero-order valence-electron chi connectivity index (χ0n) is 9.21. The molecule has 1 nitrogen and oxygen atoms in total. The number of hydrogen-bond acceptors (Lipinski definition) is 1. The van der Waals surface area contributed by atoms with E-state index in [4.69, 9.17) is 0 Å². The number of likely N-dealkylation sites (tertiary alicyclic amines) is 1. The molecule has 1 aliphatic carbocycles. The van der Waals surface area contributed by atoms with E-state index < -0.39 is 0 Å². The van der Waals surface area contributed by atoms with Crippen molar-refractivity contribution in [3.63, 3.8) is 0 Å². The number of hydrogen-bond donors (Lipinski definition) is 0. The zero-order chi connectivity index (χ0) is 9.80. The van der Waals surface area contributed by atoms with Crippen molar-refractivity contribution in [2.75, 3.05) is 20.1 Å². The van der Waals surface area contributed by atoms with Crippen LogP contribution >= 0.6 is 0 Å². The van der Waals surface area contributed by atoms with Gasteiger partial charge in [-0.1, -0.05) is 24.6 Å². The monoisotopic (exact) mass is 191 g/mol. The molecule has 0 N–H and O–H groups in total. The van der Waals surface area contributed by atoms with Crippen LogP contribution in [0.4, 0.5) is 0 Å². The minimum atomic E-state index is 0.805. The fraction of sp³-hybridized carbons (Fsp3) is 0.692. The summed E-state index contributed by atoms with van der Waals surface area (Å²) in [6, 6.07) is 0. The van der Waals surface area contributed by atoms with E-state index in [0.29, 0.717) is 0 Å². The Morgan fingerprint density at radius 2 is 2.21 bits per heavy atom. The molecule has 2 aliphatic rings. The highest BCUT2D eigenvalue weighted by Crippen LogP contribution is 2.26. The van der Waals surface area contributed by atoms with E-state index >= 15 is 0 Å². The van der Waals surface area contributed by atoms with Gasteiger partial charge in [-0.15, -0.1) is 0 Å². The van der Waals surface area contributed by atoms with E-state index in [1.807, 2.05) is 0 Å². The lowest BCUT2D eigenvalue weighted by atomic mass is 9.90. The van der Waals surface area contributed by atoms with Crippen molar-refractivity contribution in [1.82, 2.24) is 4.90 Å². The minimum absolute atomic E-state index is 0.805. The molecular weight excluding hydrogens is 170 g/mol. The highest BCUT2D eigenvalue weighted by atomic mass is 15.1. The lowest BCUT2D eigenvalue weighted by molar-refractivity contribution is 0.319. The van der Waals surface area contributed by atoms with Gasteiger partial charge in [0, 0.05) is 6.54 Å². The van der Waals surface area contributed by atoms with E-state index in [9.17, 15) is 0 Å². The van der Waals surface area contributed by atoms with Gasteiger partial charge in [-0.3, -0.25) is 0 Å². The molecule has 78 valence electrons. The van der Waals surface area contributed by atoms with Crippen LogP contribution in [0.1, 0.15) is 32.1 Å². The average molecular weight is 191 g/mol. The Morgan fingerprint density at radius 1 is 1.29 bits per heavy atom. The highest BCUT2D eigenvalue weighted by Gasteiger charge is 2.18. The zero-order valence-corrected chi connectivity index (χ0v) is 9.21. The molecule has 1 saturated heterocycles. The molecule has 0 aromatic rings. The van der Waals surface area contributed by atoms with Crippen molar-refractivity contribution in [2.24, 2.45) is 5.92 Å². The Morgan fingerprint density at radius 3 is 3.00 bits per heavy atom. The normalized spacial score (nSPS) is 29.8. The Hall–Kier alpha value is -0.560. The van der Waals surface area contributed by atoms with E-state index in [1.165, 1.54) is 45.2 Å². The highest BCUT2D eigenvalue weighted by molar-refractivity contribution is 5.25. The lowest BCUT2D eigenvalue weighted by Crippen LogP contribution is -2.24. The standard InChI is InChI=1S/C13H21N/c1-14-10-6-5-9-13(11-14)12-7-3-2-4-8-12/h3,7-8,13H,2,4-6,9-11H2,1H3. The maximum Gasteiger partial charge on any atom is 0.00471 e. The first-order chi connectivity index (χ1) is 6.86. The van der Waals surface area contributed by atoms with Crippen LogP contribution in [0.15, 0.2) is 23.8 Å². The van der Waals surface area contributed by atoms with E-state index in [0.717, 1.165) is 5.92 Å². The largest absolute Gasteiger partial charge is 0.306 e. The van der Waals surface area contributed by atoms with Crippen LogP contribution < -0.4 is 0 Å². The van der Waals surface area contributed by atoms with Crippen molar-refractivity contribution in [1.29, 1.82) is 0 Å². The summed E-state index contributed by atoms with van der Waals surface area (Å²) in [6.07, 6.45) is 13.8. The molecule has 0 aromatic carbocycles. The summed E-state index contributed by atoms with van der Waals surface area (Å²) in [7, 11) is 2.26. The minimum Gasteiger partial charge on any atom is -0.306 e. The molecule has 1 heteroatoms. The molecule has 0 bridgehead atoms. The fourth-order valence-electron chi connectivity index (χ4n) is 2.54. The summed E-state index contributed by atoms with van der Waals surface area (Å²) in [4.78, 5) is 2.49. The summed E-state index contributed by atoms with van der Waals surface area (Å²) < 4.78 is 0. The predicted octanol–water partition coefficient (Wildman–Crippen LogP) is 2.99. The Bertz CT molecular complexity index is 240. The summed E-state index contributed by atoms with van der Waals surface area (Å²) in [6.45, 7) is 2.55. The number of rotatable bonds is 1. The number of nitrogens with zero attached hydrogens (tertiary/aromatic N) is 1. The van der Waals surface area contributed by atoms with E-state index in [-0.39, 0.29) is 0 Å². The smallest absolute Gasteiger partial charge is 0.00471 e. The van der Waals surface area contributed by atoms with Crippen molar-refractivity contribution in [3.8, 4) is 0 Å². The van der Waals surface area contributed by atoms with Crippen molar-refractivity contribution < 1.29 is 0 Å². The SMILES string of the molecule is CN1CCCCC(C2=CCCC=C2)C1. The summed E-state index contributed by atoms with van der Waals surface area (Å²) in [5.74, 6) is 0.805. The summed E-state index contributed by atoms with van der Waals surface area (Å²) in [5.41, 5.74) is 1.60. The molecule has 1 fully saturated rings. The molecule has 0 aromatic heterocycles. The van der Waals surface area contributed by atoms with Crippen LogP contribution in [-0.4, -0.2) is 25.0 Å². The van der Waals surface area contributed by atoms with Crippen molar-refractivity contribution in [2.45, 2.75) is 32.1 Å². The van der Waals surface area contributed by atoms with Crippen LogP contribution in [-0.2, 0) is 0 Å². The molecule has 1 unspecified atom stereocenters. The first-order valence-corrected chi connectivity index (χ1v) is 5.91. The Labute approximate surface area is 87.5 Å². The van der Waals surface area contributed by atoms with Crippen LogP contribution in [0.25, 0.3) is 0 Å². The molecule has 0 amide bonds. The van der Waals surface area contributed by atoms with Gasteiger partial charge in [0.1, 0.15) is 0 Å². The third-order valence-electron chi connectivity index (χ3n) is 3.37. The first kappa shape index (κ1) is 9.97. The van der Waals surface area contributed by atoms with Crippen molar-refractivity contribution >= 4 is 0 Å². The van der Waals surface area contributed by atoms with Crippen LogP contribution in [0.2, 0.25) is 0 Å². The second-order valence-electron chi connectivity index (χ2n) is 4.64. The van der Waals surface area contributed by atoms with Gasteiger partial charge in [-0.05, 0) is 50.8 Å². The lowest BCUT2D eigenvalue weighted by Gasteiger charge is -2.22. The molecule has 1 aliphatic heterocycles. The quantitative estimate of drug-likeness (QED) is 0.616. The molecule has 14 heavy (non-hydrogen) atoms. The van der Waals surface area contributed by atoms with Gasteiger partial charge in [0.2, 0.25) is 0 Å². The van der Waals surface area contributed by atoms with E-state index in [2.05, 4.69) is 30.2 Å². The second kappa shape index (κ2) is 4.79. The van der Waals surface area contributed by atoms with Gasteiger partial charge in [-0.2, -0.15) is 0 Å². The number of allylic oxidation sites excluding steroid dienone is 3. The van der Waals surface area contributed by atoms with Gasteiger partial charge >= 0.3 is 0 Å². The Kier molecular flexibility index (Phi) is 3.41. The maximum absolute atomic E-state index is 2.49. The van der Waals surface area contributed by atoms with E-state index in [1.54, 1.807) is 5.57 Å². The van der Waals surface area contributed by atoms with Gasteiger partial charge in [-0.25, -0.2) is 0 Å². The predicted molar refractivity (Wildman–Crippen MR) is 61.3 cm³/mol.